The lowest BCUT2D eigenvalue weighted by atomic mass is 10.2. The number of hydrogen-bond donors (Lipinski definition) is 1. The molecule has 0 aromatic heterocycles. The van der Waals surface area contributed by atoms with Crippen LogP contribution in [0.3, 0.4) is 0 Å². The summed E-state index contributed by atoms with van der Waals surface area (Å²) >= 11 is 0. The van der Waals surface area contributed by atoms with E-state index in [9.17, 15) is 9.90 Å². The van der Waals surface area contributed by atoms with E-state index in [1.165, 1.54) is 12.1 Å². The molecule has 0 saturated carbocycles. The molecule has 1 N–H and O–H groups in total. The van der Waals surface area contributed by atoms with Crippen molar-refractivity contribution in [3.8, 4) is 6.07 Å². The van der Waals surface area contributed by atoms with Gasteiger partial charge in [-0.05, 0) is 35.4 Å². The van der Waals surface area contributed by atoms with Crippen molar-refractivity contribution in [1.29, 1.82) is 5.26 Å². The molecule has 0 unspecified atom stereocenters. The molecule has 0 fully saturated rings. The van der Waals surface area contributed by atoms with E-state index in [2.05, 4.69) is 10.5 Å². The third-order valence-electron chi connectivity index (χ3n) is 2.55. The molecule has 0 atom stereocenters. The summed E-state index contributed by atoms with van der Waals surface area (Å²) in [5.74, 6) is -1.23. The molecule has 2 aromatic carbocycles. The van der Waals surface area contributed by atoms with Crippen molar-refractivity contribution in [3.05, 3.63) is 65.2 Å². The van der Waals surface area contributed by atoms with Crippen molar-refractivity contribution >= 4 is 17.9 Å². The Balaban J connectivity index is 2.04. The van der Waals surface area contributed by atoms with Crippen LogP contribution in [0.2, 0.25) is 0 Å². The van der Waals surface area contributed by atoms with Crippen LogP contribution >= 0.6 is 0 Å². The van der Waals surface area contributed by atoms with Gasteiger partial charge in [0.25, 0.3) is 0 Å². The van der Waals surface area contributed by atoms with Crippen molar-refractivity contribution in [1.82, 2.24) is 0 Å². The van der Waals surface area contributed by atoms with Crippen molar-refractivity contribution in [2.24, 2.45) is 5.10 Å². The third kappa shape index (κ3) is 3.43. The number of nitrogens with one attached hydrogen (secondary N) is 1. The van der Waals surface area contributed by atoms with Crippen LogP contribution in [0.1, 0.15) is 21.5 Å². The Morgan fingerprint density at radius 3 is 2.65 bits per heavy atom. The smallest absolute Gasteiger partial charge is 0.0991 e. The Morgan fingerprint density at radius 1 is 1.25 bits per heavy atom. The molecule has 0 heterocycles. The molecule has 0 radical (unpaired) electrons. The van der Waals surface area contributed by atoms with Gasteiger partial charge in [0, 0.05) is 0 Å². The van der Waals surface area contributed by atoms with Gasteiger partial charge in [0.15, 0.2) is 0 Å². The lowest BCUT2D eigenvalue weighted by molar-refractivity contribution is -0.255. The summed E-state index contributed by atoms with van der Waals surface area (Å²) in [4.78, 5) is 10.7. The number of aromatic carboxylic acids is 1. The molecule has 98 valence electrons. The first kappa shape index (κ1) is 13.3. The molecule has 0 saturated heterocycles. The third-order valence-corrected chi connectivity index (χ3v) is 2.55. The minimum Gasteiger partial charge on any atom is -0.545 e. The largest absolute Gasteiger partial charge is 0.545 e. The van der Waals surface area contributed by atoms with E-state index in [4.69, 9.17) is 5.26 Å². The summed E-state index contributed by atoms with van der Waals surface area (Å²) in [6.07, 6.45) is 1.58. The van der Waals surface area contributed by atoms with Gasteiger partial charge >= 0.3 is 0 Å². The number of benzene rings is 2. The van der Waals surface area contributed by atoms with Gasteiger partial charge in [-0.15, -0.1) is 0 Å². The number of carboxylic acids is 1. The highest BCUT2D eigenvalue weighted by Crippen LogP contribution is 2.10. The second kappa shape index (κ2) is 6.16. The highest BCUT2D eigenvalue weighted by atomic mass is 16.4. The fourth-order valence-corrected chi connectivity index (χ4v) is 1.54. The summed E-state index contributed by atoms with van der Waals surface area (Å²) in [5.41, 5.74) is 4.78. The van der Waals surface area contributed by atoms with Crippen molar-refractivity contribution in [3.63, 3.8) is 0 Å². The van der Waals surface area contributed by atoms with Gasteiger partial charge in [0.05, 0.1) is 29.5 Å². The average Bonchev–Trinajstić information content (AvgIpc) is 2.48. The maximum atomic E-state index is 10.7. The molecule has 2 aromatic rings. The van der Waals surface area contributed by atoms with Crippen LogP contribution in [0.4, 0.5) is 5.69 Å². The van der Waals surface area contributed by atoms with Crippen LogP contribution in [-0.4, -0.2) is 12.2 Å². The highest BCUT2D eigenvalue weighted by Gasteiger charge is 1.95. The highest BCUT2D eigenvalue weighted by molar-refractivity contribution is 5.87. The van der Waals surface area contributed by atoms with E-state index in [-0.39, 0.29) is 5.56 Å². The first-order valence-electron chi connectivity index (χ1n) is 5.80. The molecule has 5 nitrogen and oxygen atoms in total. The fraction of sp³-hybridized carbons (Fsp3) is 0. The van der Waals surface area contributed by atoms with Crippen LogP contribution in [0, 0.1) is 11.3 Å². The number of nitriles is 1. The maximum Gasteiger partial charge on any atom is 0.0991 e. The molecule has 0 aliphatic rings. The Labute approximate surface area is 115 Å². The number of carbonyl (C=O) groups is 1. The minimum absolute atomic E-state index is 0.0866. The first-order valence-corrected chi connectivity index (χ1v) is 5.80. The summed E-state index contributed by atoms with van der Waals surface area (Å²) in [5, 5.41) is 23.4. The zero-order valence-electron chi connectivity index (χ0n) is 10.4. The van der Waals surface area contributed by atoms with Gasteiger partial charge in [-0.2, -0.15) is 10.4 Å². The SMILES string of the molecule is N#Cc1ccc(/C=N\Nc2cccc(C(=O)[O-])c2)cc1. The van der Waals surface area contributed by atoms with Gasteiger partial charge in [-0.25, -0.2) is 0 Å². The number of rotatable bonds is 4. The molecule has 0 aliphatic heterocycles. The number of anilines is 1. The standard InChI is InChI=1S/C15H11N3O2/c16-9-11-4-6-12(7-5-11)10-17-18-14-3-1-2-13(8-14)15(19)20/h1-8,10,18H,(H,19,20)/p-1/b17-10-. The van der Waals surface area contributed by atoms with Gasteiger partial charge in [-0.3, -0.25) is 5.43 Å². The van der Waals surface area contributed by atoms with Gasteiger partial charge < -0.3 is 9.90 Å². The summed E-state index contributed by atoms with van der Waals surface area (Å²) in [6, 6.07) is 15.1. The average molecular weight is 264 g/mol. The molecule has 5 heteroatoms. The van der Waals surface area contributed by atoms with Crippen LogP contribution in [0.15, 0.2) is 53.6 Å². The van der Waals surface area contributed by atoms with E-state index >= 15 is 0 Å². The first-order chi connectivity index (χ1) is 9.69. The topological polar surface area (TPSA) is 88.3 Å². The molecule has 0 spiro atoms. The number of nitrogens with zero attached hydrogens (tertiary/aromatic N) is 2. The molecule has 20 heavy (non-hydrogen) atoms. The number of carboxylic acid groups (broad SMARTS) is 1. The van der Waals surface area contributed by atoms with E-state index in [1.54, 1.807) is 42.6 Å². The Hall–Kier alpha value is -3.13. The van der Waals surface area contributed by atoms with E-state index in [0.29, 0.717) is 11.3 Å². The van der Waals surface area contributed by atoms with Gasteiger partial charge in [0.2, 0.25) is 0 Å². The number of hydrazone groups is 1. The summed E-state index contributed by atoms with van der Waals surface area (Å²) in [6.45, 7) is 0. The van der Waals surface area contributed by atoms with Gasteiger partial charge in [-0.1, -0.05) is 24.3 Å². The predicted molar refractivity (Wildman–Crippen MR) is 73.1 cm³/mol. The zero-order chi connectivity index (χ0) is 14.4. The predicted octanol–water partition coefficient (Wildman–Crippen LogP) is 1.37. The molecular weight excluding hydrogens is 254 g/mol. The van der Waals surface area contributed by atoms with Crippen molar-refractivity contribution < 1.29 is 9.90 Å². The Morgan fingerprint density at radius 2 is 2.00 bits per heavy atom. The van der Waals surface area contributed by atoms with Crippen LogP contribution in [-0.2, 0) is 0 Å². The van der Waals surface area contributed by atoms with Crippen LogP contribution in [0.25, 0.3) is 0 Å². The lowest BCUT2D eigenvalue weighted by Gasteiger charge is -2.04. The number of carbonyl (C=O) groups excluding carboxylic acids is 1. The zero-order valence-corrected chi connectivity index (χ0v) is 10.4. The number of hydrogen-bond acceptors (Lipinski definition) is 5. The normalized spacial score (nSPS) is 10.2. The maximum absolute atomic E-state index is 10.7. The van der Waals surface area contributed by atoms with Crippen LogP contribution in [0.5, 0.6) is 0 Å². The Bertz CT molecular complexity index is 685. The van der Waals surface area contributed by atoms with Crippen molar-refractivity contribution in [2.75, 3.05) is 5.43 Å². The second-order valence-electron chi connectivity index (χ2n) is 3.97. The molecule has 0 bridgehead atoms. The molecule has 0 amide bonds. The second-order valence-corrected chi connectivity index (χ2v) is 3.97. The quantitative estimate of drug-likeness (QED) is 0.667. The van der Waals surface area contributed by atoms with E-state index in [0.717, 1.165) is 5.56 Å². The molecular formula is C15H10N3O2-. The van der Waals surface area contributed by atoms with Crippen molar-refractivity contribution in [2.45, 2.75) is 0 Å². The fourth-order valence-electron chi connectivity index (χ4n) is 1.54. The van der Waals surface area contributed by atoms with Gasteiger partial charge in [0.1, 0.15) is 0 Å². The lowest BCUT2D eigenvalue weighted by Crippen LogP contribution is -2.22. The molecule has 2 rings (SSSR count). The summed E-state index contributed by atoms with van der Waals surface area (Å²) < 4.78 is 0. The van der Waals surface area contributed by atoms with E-state index < -0.39 is 5.97 Å². The Kier molecular flexibility index (Phi) is 4.10. The monoisotopic (exact) mass is 264 g/mol. The molecule has 0 aliphatic carbocycles. The van der Waals surface area contributed by atoms with E-state index in [1.807, 2.05) is 6.07 Å². The summed E-state index contributed by atoms with van der Waals surface area (Å²) in [7, 11) is 0. The van der Waals surface area contributed by atoms with Crippen LogP contribution < -0.4 is 10.5 Å². The minimum atomic E-state index is -1.23.